The number of nitrogens with zero attached hydrogens (tertiary/aromatic N) is 1. The minimum atomic E-state index is -1.55. The molecule has 1 aliphatic heterocycles. The van der Waals surface area contributed by atoms with Crippen molar-refractivity contribution in [3.8, 4) is 5.75 Å². The molecule has 1 saturated heterocycles. The molecule has 2 atom stereocenters. The maximum Gasteiger partial charge on any atom is 0.343 e. The number of unbranched alkanes of at least 4 members (excludes halogenated alkanes) is 6. The monoisotopic (exact) mass is 661 g/mol. The molecule has 9 heteroatoms. The van der Waals surface area contributed by atoms with Crippen molar-refractivity contribution in [3.05, 3.63) is 76.1 Å². The number of likely N-dealkylation sites (tertiary alicyclic amines) is 1. The fraction of sp³-hybridized carbons (Fsp3) is 0.590. The Balaban J connectivity index is 0.882. The number of phenols is 1. The van der Waals surface area contributed by atoms with Gasteiger partial charge in [-0.2, -0.15) is 0 Å². The number of carbonyl (C=O) groups excluding carboxylic acids is 1. The van der Waals surface area contributed by atoms with Gasteiger partial charge in [-0.1, -0.05) is 81.3 Å². The molecule has 0 radical (unpaired) electrons. The van der Waals surface area contributed by atoms with E-state index in [0.717, 1.165) is 77.5 Å². The molecule has 3 aromatic rings. The Bertz CT molecular complexity index is 1480. The van der Waals surface area contributed by atoms with Crippen LogP contribution in [0.15, 0.2) is 59.4 Å². The first-order valence-corrected chi connectivity index (χ1v) is 18.3. The van der Waals surface area contributed by atoms with E-state index in [9.17, 15) is 24.9 Å². The lowest BCUT2D eigenvalue weighted by atomic mass is 9.80. The zero-order chi connectivity index (χ0) is 33.8. The number of carbonyl (C=O) groups is 1. The van der Waals surface area contributed by atoms with Gasteiger partial charge in [-0.25, -0.2) is 4.79 Å². The lowest BCUT2D eigenvalue weighted by Crippen LogP contribution is -2.44. The van der Waals surface area contributed by atoms with Crippen molar-refractivity contribution in [2.24, 2.45) is 11.8 Å². The Morgan fingerprint density at radius 2 is 1.60 bits per heavy atom. The van der Waals surface area contributed by atoms with E-state index in [0.29, 0.717) is 41.1 Å². The molecule has 1 saturated carbocycles. The molecule has 5 N–H and O–H groups in total. The topological polar surface area (TPSA) is 135 Å². The maximum atomic E-state index is 13.3. The summed E-state index contributed by atoms with van der Waals surface area (Å²) >= 11 is 0. The number of nitrogens with one attached hydrogen (secondary N) is 2. The first-order chi connectivity index (χ1) is 23.4. The minimum absolute atomic E-state index is 0.00254. The lowest BCUT2D eigenvalue weighted by molar-refractivity contribution is -0.175. The van der Waals surface area contributed by atoms with Crippen LogP contribution in [0.5, 0.6) is 5.75 Å². The van der Waals surface area contributed by atoms with Crippen LogP contribution in [0.3, 0.4) is 0 Å². The number of aromatic nitrogens is 1. The number of fused-ring (bicyclic) bond motifs is 1. The number of piperidine rings is 1. The van der Waals surface area contributed by atoms with Crippen LogP contribution in [0.1, 0.15) is 101 Å². The van der Waals surface area contributed by atoms with Crippen LogP contribution in [-0.4, -0.2) is 70.5 Å². The number of ether oxygens (including phenoxy) is 1. The van der Waals surface area contributed by atoms with Gasteiger partial charge in [0, 0.05) is 23.9 Å². The third-order valence-corrected chi connectivity index (χ3v) is 10.6. The number of phenolic OH excluding ortho intramolecular Hbond substituents is 1. The highest BCUT2D eigenvalue weighted by Crippen LogP contribution is 2.41. The molecule has 262 valence electrons. The highest BCUT2D eigenvalue weighted by molar-refractivity contribution is 5.87. The van der Waals surface area contributed by atoms with Crippen molar-refractivity contribution < 1.29 is 24.9 Å². The number of hydrogen-bond acceptors (Lipinski definition) is 8. The Labute approximate surface area is 284 Å². The average molecular weight is 662 g/mol. The smallest absolute Gasteiger partial charge is 0.343 e. The molecule has 48 heavy (non-hydrogen) atoms. The maximum absolute atomic E-state index is 13.3. The van der Waals surface area contributed by atoms with Crippen molar-refractivity contribution in [1.29, 1.82) is 0 Å². The third-order valence-electron chi connectivity index (χ3n) is 10.6. The number of aliphatic hydroxyl groups is 2. The molecule has 0 spiro atoms. The standard InChI is InChI=1S/C39H55N3O6/c43-34-19-17-32(33-18-20-36(45)41-37(33)34)35(44)27-40-23-11-4-2-1-3-5-12-24-42-25-21-29(22-26-42)28-48-38(46)39(47,31-15-9-10-16-31)30-13-7-6-8-14-30/h6-8,13-14,17-20,29,31,35,40,43-44,47H,1-5,9-12,15-16,21-28H2,(H,41,45). The summed E-state index contributed by atoms with van der Waals surface area (Å²) in [4.78, 5) is 30.1. The molecule has 0 bridgehead atoms. The zero-order valence-corrected chi connectivity index (χ0v) is 28.4. The van der Waals surface area contributed by atoms with Crippen LogP contribution in [-0.2, 0) is 15.1 Å². The zero-order valence-electron chi connectivity index (χ0n) is 28.4. The van der Waals surface area contributed by atoms with Crippen molar-refractivity contribution in [1.82, 2.24) is 15.2 Å². The number of aromatic amines is 1. The van der Waals surface area contributed by atoms with Crippen molar-refractivity contribution in [2.45, 2.75) is 95.2 Å². The van der Waals surface area contributed by atoms with Gasteiger partial charge >= 0.3 is 5.97 Å². The van der Waals surface area contributed by atoms with E-state index < -0.39 is 17.7 Å². The number of aromatic hydroxyl groups is 1. The predicted molar refractivity (Wildman–Crippen MR) is 189 cm³/mol. The molecule has 2 heterocycles. The van der Waals surface area contributed by atoms with Gasteiger partial charge in [-0.05, 0) is 93.9 Å². The van der Waals surface area contributed by atoms with E-state index in [-0.39, 0.29) is 17.2 Å². The van der Waals surface area contributed by atoms with Crippen LogP contribution in [0.25, 0.3) is 10.9 Å². The summed E-state index contributed by atoms with van der Waals surface area (Å²) in [6.45, 7) is 4.85. The van der Waals surface area contributed by atoms with E-state index in [2.05, 4.69) is 15.2 Å². The number of esters is 1. The Kier molecular flexibility index (Phi) is 13.5. The molecule has 5 rings (SSSR count). The van der Waals surface area contributed by atoms with Gasteiger partial charge < -0.3 is 35.3 Å². The molecule has 2 aromatic carbocycles. The molecule has 9 nitrogen and oxygen atoms in total. The fourth-order valence-electron chi connectivity index (χ4n) is 7.60. The second kappa shape index (κ2) is 18.0. The number of benzene rings is 2. The second-order valence-electron chi connectivity index (χ2n) is 14.0. The van der Waals surface area contributed by atoms with E-state index in [1.165, 1.54) is 44.2 Å². The van der Waals surface area contributed by atoms with Crippen LogP contribution in [0.2, 0.25) is 0 Å². The van der Waals surface area contributed by atoms with Crippen LogP contribution in [0.4, 0.5) is 0 Å². The largest absolute Gasteiger partial charge is 0.506 e. The molecule has 2 aliphatic rings. The molecule has 2 fully saturated rings. The summed E-state index contributed by atoms with van der Waals surface area (Å²) in [5.74, 6) is -0.200. The number of pyridine rings is 1. The first-order valence-electron chi connectivity index (χ1n) is 18.3. The van der Waals surface area contributed by atoms with Gasteiger partial charge in [-0.15, -0.1) is 0 Å². The summed E-state index contributed by atoms with van der Waals surface area (Å²) in [6.07, 6.45) is 13.5. The second-order valence-corrected chi connectivity index (χ2v) is 14.0. The molecular formula is C39H55N3O6. The van der Waals surface area contributed by atoms with Crippen LogP contribution >= 0.6 is 0 Å². The summed E-state index contributed by atoms with van der Waals surface area (Å²) in [7, 11) is 0. The molecule has 2 unspecified atom stereocenters. The highest BCUT2D eigenvalue weighted by Gasteiger charge is 2.48. The van der Waals surface area contributed by atoms with E-state index in [1.807, 2.05) is 30.3 Å². The number of hydrogen-bond donors (Lipinski definition) is 5. The van der Waals surface area contributed by atoms with Crippen molar-refractivity contribution in [2.75, 3.05) is 39.3 Å². The van der Waals surface area contributed by atoms with E-state index in [1.54, 1.807) is 12.1 Å². The highest BCUT2D eigenvalue weighted by atomic mass is 16.5. The van der Waals surface area contributed by atoms with Crippen molar-refractivity contribution in [3.63, 3.8) is 0 Å². The summed E-state index contributed by atoms with van der Waals surface area (Å²) in [5, 5.41) is 36.4. The Hall–Kier alpha value is -3.24. The normalized spacial score (nSPS) is 18.2. The SMILES string of the molecule is O=C(OCC1CCN(CCCCCCCCCNCC(O)c2ccc(O)c3[nH]c(=O)ccc23)CC1)C(O)(c1ccccc1)C1CCCC1. The van der Waals surface area contributed by atoms with E-state index in [4.69, 9.17) is 4.74 Å². The molecule has 1 aliphatic carbocycles. The van der Waals surface area contributed by atoms with Crippen LogP contribution < -0.4 is 10.9 Å². The third kappa shape index (κ3) is 9.47. The molecular weight excluding hydrogens is 606 g/mol. The predicted octanol–water partition coefficient (Wildman–Crippen LogP) is 5.92. The summed E-state index contributed by atoms with van der Waals surface area (Å²) in [6, 6.07) is 15.6. The summed E-state index contributed by atoms with van der Waals surface area (Å²) in [5.41, 5.74) is -0.139. The van der Waals surface area contributed by atoms with Crippen molar-refractivity contribution >= 4 is 16.9 Å². The van der Waals surface area contributed by atoms with Gasteiger partial charge in [0.15, 0.2) is 5.60 Å². The lowest BCUT2D eigenvalue weighted by Gasteiger charge is -2.34. The van der Waals surface area contributed by atoms with Gasteiger partial charge in [-0.3, -0.25) is 4.79 Å². The quantitative estimate of drug-likeness (QED) is 0.0838. The Morgan fingerprint density at radius 1 is 0.917 bits per heavy atom. The van der Waals surface area contributed by atoms with Gasteiger partial charge in [0.1, 0.15) is 5.75 Å². The first kappa shape index (κ1) is 36.1. The molecule has 1 aromatic heterocycles. The average Bonchev–Trinajstić information content (AvgIpc) is 3.66. The van der Waals surface area contributed by atoms with Gasteiger partial charge in [0.25, 0.3) is 0 Å². The number of aliphatic hydroxyl groups excluding tert-OH is 1. The van der Waals surface area contributed by atoms with Gasteiger partial charge in [0.2, 0.25) is 5.56 Å². The number of H-pyrrole nitrogens is 1. The number of rotatable bonds is 18. The van der Waals surface area contributed by atoms with E-state index >= 15 is 0 Å². The minimum Gasteiger partial charge on any atom is -0.506 e. The molecule has 0 amide bonds. The fourth-order valence-corrected chi connectivity index (χ4v) is 7.60. The summed E-state index contributed by atoms with van der Waals surface area (Å²) < 4.78 is 5.83. The van der Waals surface area contributed by atoms with Gasteiger partial charge in [0.05, 0.1) is 18.2 Å². The van der Waals surface area contributed by atoms with Crippen LogP contribution in [0, 0.1) is 11.8 Å². The Morgan fingerprint density at radius 3 is 2.33 bits per heavy atom.